The van der Waals surface area contributed by atoms with Crippen molar-refractivity contribution in [2.75, 3.05) is 23.0 Å². The third-order valence-electron chi connectivity index (χ3n) is 10.0. The van der Waals surface area contributed by atoms with Crippen molar-refractivity contribution in [2.24, 2.45) is 5.41 Å². The first-order valence-corrected chi connectivity index (χ1v) is 17.7. The SMILES string of the molecule is CC(C)(C)C1=CCNC(n2c3ccc(-c4ccccc4)cc3c3ccc(Oc4cccc(N5CN(c6ccccc6)c6ccccc65)c4)cc32)=C1. The number of fused-ring (bicyclic) bond motifs is 4. The van der Waals surface area contributed by atoms with Crippen LogP contribution in [0.5, 0.6) is 11.5 Å². The van der Waals surface area contributed by atoms with E-state index in [1.807, 2.05) is 6.07 Å². The molecular formula is C46H40N4O. The number of ether oxygens (including phenoxy) is 1. The maximum absolute atomic E-state index is 6.69. The van der Waals surface area contributed by atoms with Crippen molar-refractivity contribution in [2.45, 2.75) is 20.8 Å². The van der Waals surface area contributed by atoms with Crippen molar-refractivity contribution >= 4 is 50.4 Å². The van der Waals surface area contributed by atoms with Crippen LogP contribution >= 0.6 is 0 Å². The van der Waals surface area contributed by atoms with Gasteiger partial charge in [-0.3, -0.25) is 4.57 Å². The average molecular weight is 665 g/mol. The maximum atomic E-state index is 6.69. The summed E-state index contributed by atoms with van der Waals surface area (Å²) in [5.41, 5.74) is 10.7. The van der Waals surface area contributed by atoms with E-state index in [0.29, 0.717) is 0 Å². The number of anilines is 4. The molecule has 3 heterocycles. The minimum atomic E-state index is 0.0415. The van der Waals surface area contributed by atoms with Crippen LogP contribution in [0, 0.1) is 5.41 Å². The third kappa shape index (κ3) is 5.61. The molecule has 9 rings (SSSR count). The highest BCUT2D eigenvalue weighted by Gasteiger charge is 2.28. The molecule has 250 valence electrons. The quantitative estimate of drug-likeness (QED) is 0.192. The molecule has 2 aliphatic heterocycles. The Labute approximate surface area is 299 Å². The van der Waals surface area contributed by atoms with Gasteiger partial charge in [0, 0.05) is 40.8 Å². The molecule has 0 spiro atoms. The summed E-state index contributed by atoms with van der Waals surface area (Å²) in [7, 11) is 0. The van der Waals surface area contributed by atoms with E-state index >= 15 is 0 Å². The summed E-state index contributed by atoms with van der Waals surface area (Å²) in [4.78, 5) is 4.70. The Morgan fingerprint density at radius 2 is 1.25 bits per heavy atom. The number of hydrogen-bond acceptors (Lipinski definition) is 4. The van der Waals surface area contributed by atoms with Gasteiger partial charge in [0.2, 0.25) is 0 Å². The number of nitrogens with zero attached hydrogens (tertiary/aromatic N) is 3. The van der Waals surface area contributed by atoms with Gasteiger partial charge in [-0.05, 0) is 88.9 Å². The molecule has 0 amide bonds. The lowest BCUT2D eigenvalue weighted by Crippen LogP contribution is -2.24. The van der Waals surface area contributed by atoms with Gasteiger partial charge in [0.1, 0.15) is 24.0 Å². The number of hydrogen-bond donors (Lipinski definition) is 1. The summed E-state index contributed by atoms with van der Waals surface area (Å²) in [5.74, 6) is 2.66. The zero-order chi connectivity index (χ0) is 34.5. The van der Waals surface area contributed by atoms with E-state index in [2.05, 4.69) is 192 Å². The highest BCUT2D eigenvalue weighted by molar-refractivity contribution is 6.11. The van der Waals surface area contributed by atoms with Crippen molar-refractivity contribution < 1.29 is 4.74 Å². The average Bonchev–Trinajstić information content (AvgIpc) is 3.71. The Balaban J connectivity index is 1.11. The molecule has 7 aromatic rings. The molecule has 0 aliphatic carbocycles. The van der Waals surface area contributed by atoms with Crippen molar-refractivity contribution in [3.8, 4) is 22.6 Å². The minimum absolute atomic E-state index is 0.0415. The van der Waals surface area contributed by atoms with Crippen LogP contribution in [0.4, 0.5) is 22.7 Å². The predicted octanol–water partition coefficient (Wildman–Crippen LogP) is 11.9. The Bertz CT molecular complexity index is 2470. The molecule has 1 N–H and O–H groups in total. The fourth-order valence-electron chi connectivity index (χ4n) is 7.44. The molecule has 5 heteroatoms. The van der Waals surface area contributed by atoms with Crippen molar-refractivity contribution in [3.63, 3.8) is 0 Å². The molecule has 0 saturated carbocycles. The van der Waals surface area contributed by atoms with Crippen LogP contribution in [0.1, 0.15) is 20.8 Å². The predicted molar refractivity (Wildman–Crippen MR) is 213 cm³/mol. The van der Waals surface area contributed by atoms with Crippen LogP contribution in [0.15, 0.2) is 163 Å². The number of dihydropyridines is 1. The lowest BCUT2D eigenvalue weighted by atomic mass is 9.85. The van der Waals surface area contributed by atoms with Crippen molar-refractivity contribution in [1.29, 1.82) is 0 Å². The van der Waals surface area contributed by atoms with E-state index in [0.717, 1.165) is 47.3 Å². The van der Waals surface area contributed by atoms with E-state index in [1.165, 1.54) is 44.5 Å². The first-order valence-electron chi connectivity index (χ1n) is 17.7. The maximum Gasteiger partial charge on any atom is 0.129 e. The molecule has 0 bridgehead atoms. The van der Waals surface area contributed by atoms with Crippen LogP contribution < -0.4 is 19.9 Å². The second kappa shape index (κ2) is 12.3. The molecule has 1 aromatic heterocycles. The second-order valence-electron chi connectivity index (χ2n) is 14.4. The Morgan fingerprint density at radius 3 is 2.02 bits per heavy atom. The Morgan fingerprint density at radius 1 is 0.569 bits per heavy atom. The zero-order valence-corrected chi connectivity index (χ0v) is 29.2. The van der Waals surface area contributed by atoms with E-state index < -0.39 is 0 Å². The van der Waals surface area contributed by atoms with E-state index in [1.54, 1.807) is 0 Å². The van der Waals surface area contributed by atoms with Crippen molar-refractivity contribution in [1.82, 2.24) is 9.88 Å². The van der Waals surface area contributed by atoms with Gasteiger partial charge in [0.15, 0.2) is 0 Å². The monoisotopic (exact) mass is 664 g/mol. The number of rotatable bonds is 6. The van der Waals surface area contributed by atoms with Crippen LogP contribution in [0.2, 0.25) is 0 Å². The summed E-state index contributed by atoms with van der Waals surface area (Å²) >= 11 is 0. The second-order valence-corrected chi connectivity index (χ2v) is 14.4. The lowest BCUT2D eigenvalue weighted by Gasteiger charge is -2.26. The standard InChI is InChI=1S/C46H40N4O/c1-46(2,3)34-25-26-47-45(28-34)50-41-24-21-33(32-13-6-4-7-14-32)27-40(41)39-23-22-38(30-44(39)50)51-37-18-12-17-36(29-37)49-31-48(35-15-8-5-9-16-35)42-19-10-11-20-43(42)49/h4-25,27-30,47H,26,31H2,1-3H3. The fraction of sp³-hybridized carbons (Fsp3) is 0.130. The normalized spacial score (nSPS) is 14.3. The van der Waals surface area contributed by atoms with Gasteiger partial charge in [-0.25, -0.2) is 0 Å². The molecule has 0 radical (unpaired) electrons. The summed E-state index contributed by atoms with van der Waals surface area (Å²) in [6.45, 7) is 8.33. The van der Waals surface area contributed by atoms with Crippen LogP contribution in [-0.4, -0.2) is 17.8 Å². The summed E-state index contributed by atoms with van der Waals surface area (Å²) < 4.78 is 9.05. The number of aromatic nitrogens is 1. The molecule has 0 saturated heterocycles. The van der Waals surface area contributed by atoms with Crippen LogP contribution in [0.25, 0.3) is 38.8 Å². The van der Waals surface area contributed by atoms with Gasteiger partial charge in [-0.2, -0.15) is 0 Å². The number of nitrogens with one attached hydrogen (secondary N) is 1. The minimum Gasteiger partial charge on any atom is -0.457 e. The number of allylic oxidation sites excluding steroid dienone is 2. The van der Waals surface area contributed by atoms with Gasteiger partial charge in [-0.15, -0.1) is 0 Å². The highest BCUT2D eigenvalue weighted by atomic mass is 16.5. The van der Waals surface area contributed by atoms with Gasteiger partial charge in [-0.1, -0.05) is 99.6 Å². The first kappa shape index (κ1) is 30.8. The van der Waals surface area contributed by atoms with Crippen LogP contribution in [0.3, 0.4) is 0 Å². The Hall–Kier alpha value is -6.20. The van der Waals surface area contributed by atoms with E-state index in [9.17, 15) is 0 Å². The molecule has 5 nitrogen and oxygen atoms in total. The summed E-state index contributed by atoms with van der Waals surface area (Å²) in [6.07, 6.45) is 4.60. The molecule has 6 aromatic carbocycles. The van der Waals surface area contributed by atoms with Gasteiger partial charge >= 0.3 is 0 Å². The lowest BCUT2D eigenvalue weighted by molar-refractivity contribution is 0.483. The first-order chi connectivity index (χ1) is 24.9. The highest BCUT2D eigenvalue weighted by Crippen LogP contribution is 2.45. The molecule has 0 atom stereocenters. The van der Waals surface area contributed by atoms with E-state index in [-0.39, 0.29) is 5.41 Å². The molecule has 0 unspecified atom stereocenters. The molecule has 0 fully saturated rings. The van der Waals surface area contributed by atoms with E-state index in [4.69, 9.17) is 4.74 Å². The van der Waals surface area contributed by atoms with Crippen molar-refractivity contribution in [3.05, 3.63) is 163 Å². The summed E-state index contributed by atoms with van der Waals surface area (Å²) in [6, 6.07) is 51.5. The molecule has 51 heavy (non-hydrogen) atoms. The summed E-state index contributed by atoms with van der Waals surface area (Å²) in [5, 5.41) is 6.08. The topological polar surface area (TPSA) is 32.7 Å². The third-order valence-corrected chi connectivity index (χ3v) is 10.0. The number of para-hydroxylation sites is 3. The van der Waals surface area contributed by atoms with Gasteiger partial charge in [0.25, 0.3) is 0 Å². The smallest absolute Gasteiger partial charge is 0.129 e. The largest absolute Gasteiger partial charge is 0.457 e. The van der Waals surface area contributed by atoms with Gasteiger partial charge < -0.3 is 19.9 Å². The molecule has 2 aliphatic rings. The zero-order valence-electron chi connectivity index (χ0n) is 29.2. The fourth-order valence-corrected chi connectivity index (χ4v) is 7.44. The van der Waals surface area contributed by atoms with Crippen LogP contribution in [-0.2, 0) is 0 Å². The molecular weight excluding hydrogens is 625 g/mol. The van der Waals surface area contributed by atoms with Gasteiger partial charge in [0.05, 0.1) is 22.4 Å². The Kier molecular flexibility index (Phi) is 7.43. The number of benzene rings is 6.